The molecule has 2 rings (SSSR count). The molecular weight excluding hydrogens is 386 g/mol. The number of thioether (sulfide) groups is 1. The van der Waals surface area contributed by atoms with Crippen molar-refractivity contribution in [3.8, 4) is 0 Å². The highest BCUT2D eigenvalue weighted by molar-refractivity contribution is 8.16. The predicted molar refractivity (Wildman–Crippen MR) is 109 cm³/mol. The normalized spacial score (nSPS) is 17.9. The van der Waals surface area contributed by atoms with Crippen molar-refractivity contribution >= 4 is 46.7 Å². The van der Waals surface area contributed by atoms with Crippen molar-refractivity contribution in [1.29, 1.82) is 0 Å². The van der Waals surface area contributed by atoms with Crippen molar-refractivity contribution < 1.29 is 19.2 Å². The monoisotopic (exact) mass is 409 g/mol. The minimum atomic E-state index is -0.876. The summed E-state index contributed by atoms with van der Waals surface area (Å²) in [6, 6.07) is 8.90. The van der Waals surface area contributed by atoms with Crippen LogP contribution < -0.4 is 0 Å². The quantitative estimate of drug-likeness (QED) is 0.320. The molecule has 9 heteroatoms. The Balaban J connectivity index is 2.00. The lowest BCUT2D eigenvalue weighted by Gasteiger charge is -2.26. The van der Waals surface area contributed by atoms with Gasteiger partial charge in [-0.05, 0) is 44.8 Å². The molecule has 1 aliphatic rings. The number of hydrogen-bond donors (Lipinski definition) is 0. The molecule has 0 N–H and O–H groups in total. The second-order valence-electron chi connectivity index (χ2n) is 7.00. The minimum Gasteiger partial charge on any atom is -0.295 e. The molecule has 1 aromatic carbocycles. The first-order valence-corrected chi connectivity index (χ1v) is 9.83. The van der Waals surface area contributed by atoms with E-state index in [0.717, 1.165) is 11.9 Å². The number of ketones is 1. The molecule has 0 radical (unpaired) electrons. The molecule has 0 atom stereocenters. The van der Waals surface area contributed by atoms with E-state index < -0.39 is 15.6 Å². The SMILES string of the molecule is CN(SC(C)(C)C(=O)c1ccccc1)C(=O)ON=C1SC(C)(C)C(=O)N1C. The van der Waals surface area contributed by atoms with Crippen LogP contribution in [0.4, 0.5) is 4.79 Å². The number of amides is 2. The van der Waals surface area contributed by atoms with E-state index in [4.69, 9.17) is 4.84 Å². The van der Waals surface area contributed by atoms with Crippen molar-refractivity contribution in [2.24, 2.45) is 5.16 Å². The van der Waals surface area contributed by atoms with Crippen LogP contribution in [0.3, 0.4) is 0 Å². The zero-order chi connectivity index (χ0) is 20.4. The molecule has 146 valence electrons. The van der Waals surface area contributed by atoms with Gasteiger partial charge in [0.15, 0.2) is 5.78 Å². The Morgan fingerprint density at radius 3 is 2.37 bits per heavy atom. The van der Waals surface area contributed by atoms with Crippen LogP contribution in [0.5, 0.6) is 0 Å². The summed E-state index contributed by atoms with van der Waals surface area (Å²) in [6.07, 6.45) is -0.729. The average Bonchev–Trinajstić information content (AvgIpc) is 2.81. The number of amidine groups is 1. The third-order valence-corrected chi connectivity index (χ3v) is 6.14. The lowest BCUT2D eigenvalue weighted by atomic mass is 10.0. The Morgan fingerprint density at radius 1 is 1.26 bits per heavy atom. The van der Waals surface area contributed by atoms with Crippen LogP contribution in [0.2, 0.25) is 0 Å². The summed E-state index contributed by atoms with van der Waals surface area (Å²) < 4.78 is -0.304. The molecule has 0 aromatic heterocycles. The zero-order valence-electron chi connectivity index (χ0n) is 16.2. The summed E-state index contributed by atoms with van der Waals surface area (Å²) in [5.41, 5.74) is 0.571. The van der Waals surface area contributed by atoms with E-state index in [1.54, 1.807) is 59.0 Å². The molecule has 1 heterocycles. The number of carbonyl (C=O) groups is 3. The summed E-state index contributed by atoms with van der Waals surface area (Å²) in [6.45, 7) is 7.04. The third kappa shape index (κ3) is 4.84. The van der Waals surface area contributed by atoms with Gasteiger partial charge in [-0.2, -0.15) is 0 Å². The van der Waals surface area contributed by atoms with Crippen LogP contribution in [0.1, 0.15) is 38.1 Å². The average molecular weight is 410 g/mol. The predicted octanol–water partition coefficient (Wildman–Crippen LogP) is 3.62. The molecule has 7 nitrogen and oxygen atoms in total. The van der Waals surface area contributed by atoms with Crippen LogP contribution in [0, 0.1) is 0 Å². The van der Waals surface area contributed by atoms with Crippen molar-refractivity contribution in [3.63, 3.8) is 0 Å². The Labute approximate surface area is 167 Å². The van der Waals surface area contributed by atoms with Crippen LogP contribution in [-0.2, 0) is 9.63 Å². The number of benzene rings is 1. The third-order valence-electron chi connectivity index (χ3n) is 3.86. The van der Waals surface area contributed by atoms with E-state index in [2.05, 4.69) is 5.16 Å². The molecule has 0 saturated carbocycles. The van der Waals surface area contributed by atoms with Crippen molar-refractivity contribution in [1.82, 2.24) is 9.21 Å². The van der Waals surface area contributed by atoms with Crippen molar-refractivity contribution in [2.75, 3.05) is 14.1 Å². The number of oxime groups is 1. The number of rotatable bonds is 5. The summed E-state index contributed by atoms with van der Waals surface area (Å²) in [4.78, 5) is 43.3. The van der Waals surface area contributed by atoms with Crippen LogP contribution in [0.25, 0.3) is 0 Å². The van der Waals surface area contributed by atoms with E-state index in [-0.39, 0.29) is 11.7 Å². The summed E-state index contributed by atoms with van der Waals surface area (Å²) >= 11 is 2.27. The molecule has 1 fully saturated rings. The standard InChI is InChI=1S/C18H23N3O4S2/c1-17(2,13(22)12-10-8-7-9-11-12)27-21(6)16(24)25-19-15-20(5)14(23)18(3,4)26-15/h7-11H,1-6H3. The number of carbonyl (C=O) groups excluding carboxylic acids is 3. The summed E-state index contributed by atoms with van der Waals surface area (Å²) in [5.74, 6) is -0.211. The molecule has 2 amide bonds. The molecule has 0 bridgehead atoms. The highest BCUT2D eigenvalue weighted by Crippen LogP contribution is 2.36. The number of nitrogens with zero attached hydrogens (tertiary/aromatic N) is 3. The van der Waals surface area contributed by atoms with Gasteiger partial charge in [-0.25, -0.2) is 4.79 Å². The first-order chi connectivity index (χ1) is 12.5. The van der Waals surface area contributed by atoms with Crippen LogP contribution in [0.15, 0.2) is 35.5 Å². The maximum atomic E-state index is 12.7. The van der Waals surface area contributed by atoms with Gasteiger partial charge in [0.2, 0.25) is 11.1 Å². The minimum absolute atomic E-state index is 0.0995. The van der Waals surface area contributed by atoms with E-state index >= 15 is 0 Å². The fraction of sp³-hybridized carbons (Fsp3) is 0.444. The molecule has 0 aliphatic carbocycles. The van der Waals surface area contributed by atoms with Gasteiger partial charge in [0, 0.05) is 19.7 Å². The Kier molecular flexibility index (Phi) is 6.26. The molecule has 1 saturated heterocycles. The van der Waals surface area contributed by atoms with Gasteiger partial charge in [-0.1, -0.05) is 42.1 Å². The Morgan fingerprint density at radius 2 is 1.85 bits per heavy atom. The maximum absolute atomic E-state index is 12.7. The van der Waals surface area contributed by atoms with Crippen LogP contribution in [-0.4, -0.2) is 55.7 Å². The van der Waals surface area contributed by atoms with Gasteiger partial charge in [0.1, 0.15) is 0 Å². The first kappa shape index (κ1) is 21.3. The fourth-order valence-corrected chi connectivity index (χ4v) is 4.37. The van der Waals surface area contributed by atoms with Crippen molar-refractivity contribution in [2.45, 2.75) is 37.2 Å². The fourth-order valence-electron chi connectivity index (χ4n) is 2.40. The number of Topliss-reactive ketones (excluding diaryl/α,β-unsaturated/α-hetero) is 1. The van der Waals surface area contributed by atoms with Gasteiger partial charge < -0.3 is 0 Å². The lowest BCUT2D eigenvalue weighted by Crippen LogP contribution is -2.34. The smallest absolute Gasteiger partial charge is 0.295 e. The van der Waals surface area contributed by atoms with Crippen molar-refractivity contribution in [3.05, 3.63) is 35.9 Å². The summed E-state index contributed by atoms with van der Waals surface area (Å²) in [5, 5.41) is 4.12. The van der Waals surface area contributed by atoms with E-state index in [1.807, 2.05) is 6.07 Å². The molecule has 0 spiro atoms. The molecule has 27 heavy (non-hydrogen) atoms. The number of hydrogen-bond acceptors (Lipinski definition) is 7. The van der Waals surface area contributed by atoms with Gasteiger partial charge in [-0.3, -0.25) is 23.6 Å². The molecular formula is C18H23N3O4S2. The highest BCUT2D eigenvalue weighted by Gasteiger charge is 2.43. The van der Waals surface area contributed by atoms with E-state index in [9.17, 15) is 14.4 Å². The molecule has 1 aliphatic heterocycles. The van der Waals surface area contributed by atoms with Crippen LogP contribution >= 0.6 is 23.7 Å². The van der Waals surface area contributed by atoms with E-state index in [0.29, 0.717) is 10.7 Å². The summed E-state index contributed by atoms with van der Waals surface area (Å²) in [7, 11) is 3.09. The van der Waals surface area contributed by atoms with Gasteiger partial charge in [-0.15, -0.1) is 0 Å². The molecule has 0 unspecified atom stereocenters. The second-order valence-corrected chi connectivity index (χ2v) is 10.3. The zero-order valence-corrected chi connectivity index (χ0v) is 17.8. The second kappa shape index (κ2) is 7.93. The largest absolute Gasteiger partial charge is 0.445 e. The van der Waals surface area contributed by atoms with Gasteiger partial charge in [0.05, 0.1) is 9.49 Å². The Hall–Kier alpha value is -2.00. The van der Waals surface area contributed by atoms with Gasteiger partial charge >= 0.3 is 6.09 Å². The Bertz CT molecular complexity index is 778. The lowest BCUT2D eigenvalue weighted by molar-refractivity contribution is -0.127. The molecule has 1 aromatic rings. The maximum Gasteiger partial charge on any atom is 0.445 e. The topological polar surface area (TPSA) is 79.3 Å². The first-order valence-electron chi connectivity index (χ1n) is 8.24. The van der Waals surface area contributed by atoms with Gasteiger partial charge in [0.25, 0.3) is 0 Å². The van der Waals surface area contributed by atoms with E-state index in [1.165, 1.54) is 28.0 Å². The highest BCUT2D eigenvalue weighted by atomic mass is 32.2.